The fraction of sp³-hybridized carbons (Fsp3) is 0.500. The van der Waals surface area contributed by atoms with Crippen molar-refractivity contribution in [1.29, 1.82) is 0 Å². The first-order chi connectivity index (χ1) is 8.09. The second-order valence-electron chi connectivity index (χ2n) is 4.45. The lowest BCUT2D eigenvalue weighted by atomic mass is 10.1. The van der Waals surface area contributed by atoms with Crippen molar-refractivity contribution in [2.24, 2.45) is 0 Å². The highest BCUT2D eigenvalue weighted by molar-refractivity contribution is 5.94. The summed E-state index contributed by atoms with van der Waals surface area (Å²) in [5.41, 5.74) is 0.779. The van der Waals surface area contributed by atoms with E-state index >= 15 is 0 Å². The number of amides is 1. The molecule has 0 spiro atoms. The van der Waals surface area contributed by atoms with Gasteiger partial charge in [0.1, 0.15) is 5.56 Å². The van der Waals surface area contributed by atoms with E-state index in [0.717, 1.165) is 18.8 Å². The molecular weight excluding hydrogens is 218 g/mol. The number of piperazine rings is 1. The van der Waals surface area contributed by atoms with Crippen LogP contribution < -0.4 is 10.7 Å². The topological polar surface area (TPSA) is 65.2 Å². The number of pyridine rings is 1. The van der Waals surface area contributed by atoms with E-state index < -0.39 is 0 Å². The van der Waals surface area contributed by atoms with Crippen molar-refractivity contribution >= 4 is 5.91 Å². The van der Waals surface area contributed by atoms with Crippen LogP contribution in [0.2, 0.25) is 0 Å². The number of hydrogen-bond donors (Lipinski definition) is 2. The van der Waals surface area contributed by atoms with Crippen molar-refractivity contribution in [2.75, 3.05) is 19.6 Å². The summed E-state index contributed by atoms with van der Waals surface area (Å²) in [7, 11) is 0. The number of H-pyrrole nitrogens is 1. The largest absolute Gasteiger partial charge is 0.364 e. The van der Waals surface area contributed by atoms with Crippen molar-refractivity contribution in [3.05, 3.63) is 33.7 Å². The van der Waals surface area contributed by atoms with Crippen LogP contribution in [0.5, 0.6) is 0 Å². The number of nitrogens with zero attached hydrogens (tertiary/aromatic N) is 1. The van der Waals surface area contributed by atoms with Crippen molar-refractivity contribution in [3.8, 4) is 0 Å². The Balaban J connectivity index is 2.27. The van der Waals surface area contributed by atoms with Gasteiger partial charge in [-0.25, -0.2) is 0 Å². The number of aromatic amines is 1. The molecule has 1 aliphatic heterocycles. The number of rotatable bonds is 1. The van der Waals surface area contributed by atoms with Gasteiger partial charge in [-0.3, -0.25) is 9.59 Å². The molecule has 1 atom stereocenters. The maximum absolute atomic E-state index is 12.2. The summed E-state index contributed by atoms with van der Waals surface area (Å²) in [4.78, 5) is 28.6. The summed E-state index contributed by atoms with van der Waals surface area (Å²) in [6, 6.07) is 1.58. The lowest BCUT2D eigenvalue weighted by Crippen LogP contribution is -2.52. The highest BCUT2D eigenvalue weighted by atomic mass is 16.2. The van der Waals surface area contributed by atoms with E-state index in [1.54, 1.807) is 11.8 Å². The monoisotopic (exact) mass is 235 g/mol. The quantitative estimate of drug-likeness (QED) is 0.726. The lowest BCUT2D eigenvalue weighted by Gasteiger charge is -2.33. The Hall–Kier alpha value is -1.62. The van der Waals surface area contributed by atoms with Crippen LogP contribution in [0.3, 0.4) is 0 Å². The lowest BCUT2D eigenvalue weighted by molar-refractivity contribution is 0.0654. The number of aromatic nitrogens is 1. The van der Waals surface area contributed by atoms with Crippen molar-refractivity contribution in [2.45, 2.75) is 19.9 Å². The van der Waals surface area contributed by atoms with E-state index in [1.807, 2.05) is 6.92 Å². The second kappa shape index (κ2) is 4.71. The molecule has 0 radical (unpaired) electrons. The molecule has 1 saturated heterocycles. The Morgan fingerprint density at radius 1 is 1.53 bits per heavy atom. The smallest absolute Gasteiger partial charge is 0.259 e. The Kier molecular flexibility index (Phi) is 3.28. The van der Waals surface area contributed by atoms with E-state index in [4.69, 9.17) is 0 Å². The van der Waals surface area contributed by atoms with Crippen LogP contribution in [-0.4, -0.2) is 41.5 Å². The van der Waals surface area contributed by atoms with E-state index in [-0.39, 0.29) is 22.9 Å². The number of nitrogens with one attached hydrogen (secondary N) is 2. The summed E-state index contributed by atoms with van der Waals surface area (Å²) < 4.78 is 0. The standard InChI is InChI=1S/C12H17N3O2/c1-8-5-11(16)10(7-14-8)12(17)15-4-3-13-6-9(15)2/h5,7,9,13H,3-4,6H2,1-2H3,(H,14,16). The average molecular weight is 235 g/mol. The molecule has 1 aliphatic rings. The molecule has 0 aromatic carbocycles. The molecule has 2 heterocycles. The first kappa shape index (κ1) is 11.9. The summed E-state index contributed by atoms with van der Waals surface area (Å²) in [6.07, 6.45) is 1.51. The minimum atomic E-state index is -0.211. The van der Waals surface area contributed by atoms with Gasteiger partial charge in [-0.05, 0) is 13.8 Å². The van der Waals surface area contributed by atoms with Gasteiger partial charge in [0, 0.05) is 43.6 Å². The fourth-order valence-corrected chi connectivity index (χ4v) is 2.04. The van der Waals surface area contributed by atoms with E-state index in [0.29, 0.717) is 6.54 Å². The molecule has 2 N–H and O–H groups in total. The molecule has 17 heavy (non-hydrogen) atoms. The molecule has 0 aliphatic carbocycles. The molecule has 2 rings (SSSR count). The highest BCUT2D eigenvalue weighted by Gasteiger charge is 2.25. The van der Waals surface area contributed by atoms with Crippen LogP contribution in [0.1, 0.15) is 23.0 Å². The fourth-order valence-electron chi connectivity index (χ4n) is 2.04. The van der Waals surface area contributed by atoms with Crippen molar-refractivity contribution in [3.63, 3.8) is 0 Å². The summed E-state index contributed by atoms with van der Waals surface area (Å²) in [6.45, 7) is 5.97. The van der Waals surface area contributed by atoms with Gasteiger partial charge < -0.3 is 15.2 Å². The van der Waals surface area contributed by atoms with Crippen LogP contribution in [0, 0.1) is 6.92 Å². The molecule has 0 bridgehead atoms. The number of hydrogen-bond acceptors (Lipinski definition) is 3. The maximum atomic E-state index is 12.2. The average Bonchev–Trinajstić information content (AvgIpc) is 2.29. The van der Waals surface area contributed by atoms with Gasteiger partial charge in [-0.1, -0.05) is 0 Å². The summed E-state index contributed by atoms with van der Waals surface area (Å²) >= 11 is 0. The first-order valence-electron chi connectivity index (χ1n) is 5.80. The van der Waals surface area contributed by atoms with Gasteiger partial charge in [0.05, 0.1) is 0 Å². The molecule has 92 valence electrons. The van der Waals surface area contributed by atoms with E-state index in [2.05, 4.69) is 10.3 Å². The maximum Gasteiger partial charge on any atom is 0.259 e. The molecule has 5 heteroatoms. The zero-order chi connectivity index (χ0) is 12.4. The van der Waals surface area contributed by atoms with E-state index in [1.165, 1.54) is 12.3 Å². The minimum absolute atomic E-state index is 0.122. The SMILES string of the molecule is Cc1cc(=O)c(C(=O)N2CCNCC2C)c[nH]1. The Bertz CT molecular complexity index is 481. The first-order valence-corrected chi connectivity index (χ1v) is 5.80. The Morgan fingerprint density at radius 3 is 2.94 bits per heavy atom. The van der Waals surface area contributed by atoms with Crippen LogP contribution >= 0.6 is 0 Å². The molecule has 1 unspecified atom stereocenters. The van der Waals surface area contributed by atoms with Gasteiger partial charge in [0.2, 0.25) is 0 Å². The third-order valence-electron chi connectivity index (χ3n) is 3.05. The van der Waals surface area contributed by atoms with E-state index in [9.17, 15) is 9.59 Å². The van der Waals surface area contributed by atoms with Gasteiger partial charge >= 0.3 is 0 Å². The van der Waals surface area contributed by atoms with Gasteiger partial charge in [-0.2, -0.15) is 0 Å². The van der Waals surface area contributed by atoms with Crippen LogP contribution in [0.4, 0.5) is 0 Å². The molecular formula is C12H17N3O2. The molecule has 0 saturated carbocycles. The highest BCUT2D eigenvalue weighted by Crippen LogP contribution is 2.07. The van der Waals surface area contributed by atoms with Crippen LogP contribution in [-0.2, 0) is 0 Å². The van der Waals surface area contributed by atoms with Crippen molar-refractivity contribution < 1.29 is 4.79 Å². The van der Waals surface area contributed by atoms with Crippen molar-refractivity contribution in [1.82, 2.24) is 15.2 Å². The summed E-state index contributed by atoms with van der Waals surface area (Å²) in [5.74, 6) is -0.180. The zero-order valence-corrected chi connectivity index (χ0v) is 10.1. The number of aryl methyl sites for hydroxylation is 1. The number of carbonyl (C=O) groups is 1. The second-order valence-corrected chi connectivity index (χ2v) is 4.45. The number of carbonyl (C=O) groups excluding carboxylic acids is 1. The predicted octanol–water partition coefficient (Wildman–Crippen LogP) is 0.117. The Labute approximate surface area is 99.8 Å². The molecule has 1 aromatic rings. The normalized spacial score (nSPS) is 20.4. The third-order valence-corrected chi connectivity index (χ3v) is 3.05. The molecule has 1 fully saturated rings. The predicted molar refractivity (Wildman–Crippen MR) is 65.2 cm³/mol. The van der Waals surface area contributed by atoms with Gasteiger partial charge in [0.25, 0.3) is 5.91 Å². The third kappa shape index (κ3) is 2.39. The van der Waals surface area contributed by atoms with Crippen LogP contribution in [0.15, 0.2) is 17.1 Å². The molecule has 1 aromatic heterocycles. The minimum Gasteiger partial charge on any atom is -0.364 e. The summed E-state index contributed by atoms with van der Waals surface area (Å²) in [5, 5.41) is 3.21. The zero-order valence-electron chi connectivity index (χ0n) is 10.1. The molecule has 5 nitrogen and oxygen atoms in total. The van der Waals surface area contributed by atoms with Gasteiger partial charge in [-0.15, -0.1) is 0 Å². The molecule has 1 amide bonds. The van der Waals surface area contributed by atoms with Crippen LogP contribution in [0.25, 0.3) is 0 Å². The Morgan fingerprint density at radius 2 is 2.29 bits per heavy atom. The van der Waals surface area contributed by atoms with Gasteiger partial charge in [0.15, 0.2) is 5.43 Å².